The van der Waals surface area contributed by atoms with Crippen molar-refractivity contribution in [1.29, 1.82) is 0 Å². The number of benzene rings is 2. The third kappa shape index (κ3) is 4.20. The summed E-state index contributed by atoms with van der Waals surface area (Å²) in [7, 11) is 0. The Balaban J connectivity index is 2.05. The molecule has 0 spiro atoms. The molecule has 0 saturated carbocycles. The van der Waals surface area contributed by atoms with Crippen LogP contribution in [-0.2, 0) is 4.79 Å². The van der Waals surface area contributed by atoms with E-state index >= 15 is 0 Å². The van der Waals surface area contributed by atoms with Crippen LogP contribution >= 0.6 is 11.6 Å². The number of ether oxygens (including phenoxy) is 1. The lowest BCUT2D eigenvalue weighted by Gasteiger charge is -2.11. The first-order valence-corrected chi connectivity index (χ1v) is 7.19. The number of hydrogen-bond donors (Lipinski definition) is 1. The highest BCUT2D eigenvalue weighted by molar-refractivity contribution is 6.33. The number of halogens is 1. The second-order valence-electron chi connectivity index (χ2n) is 4.98. The Hall–Kier alpha value is -2.60. The predicted octanol–water partition coefficient (Wildman–Crippen LogP) is 3.88. The largest absolute Gasteiger partial charge is 0.483 e. The number of nitrogens with zero attached hydrogens (tertiary/aromatic N) is 1. The molecule has 2 rings (SSSR count). The smallest absolute Gasteiger partial charge is 0.288 e. The van der Waals surface area contributed by atoms with Crippen molar-refractivity contribution in [2.75, 3.05) is 11.9 Å². The number of nitro groups is 1. The van der Waals surface area contributed by atoms with Gasteiger partial charge in [-0.2, -0.15) is 0 Å². The van der Waals surface area contributed by atoms with Gasteiger partial charge in [0.1, 0.15) is 10.8 Å². The molecule has 23 heavy (non-hydrogen) atoms. The summed E-state index contributed by atoms with van der Waals surface area (Å²) >= 11 is 5.85. The summed E-state index contributed by atoms with van der Waals surface area (Å²) in [6.45, 7) is 3.37. The third-order valence-corrected chi connectivity index (χ3v) is 3.52. The number of hydrogen-bond acceptors (Lipinski definition) is 4. The Labute approximate surface area is 138 Å². The summed E-state index contributed by atoms with van der Waals surface area (Å²) in [6.07, 6.45) is 0. The van der Waals surface area contributed by atoms with Crippen molar-refractivity contribution in [1.82, 2.24) is 0 Å². The van der Waals surface area contributed by atoms with Crippen LogP contribution in [0.4, 0.5) is 11.4 Å². The van der Waals surface area contributed by atoms with E-state index in [4.69, 9.17) is 16.3 Å². The van der Waals surface area contributed by atoms with Gasteiger partial charge in [0.25, 0.3) is 11.6 Å². The molecule has 0 aliphatic heterocycles. The van der Waals surface area contributed by atoms with Crippen LogP contribution in [0.15, 0.2) is 36.4 Å². The Kier molecular flexibility index (Phi) is 5.18. The molecule has 0 aliphatic carbocycles. The van der Waals surface area contributed by atoms with Gasteiger partial charge in [-0.15, -0.1) is 0 Å². The molecule has 0 bridgehead atoms. The van der Waals surface area contributed by atoms with Gasteiger partial charge in [0.15, 0.2) is 6.61 Å². The molecule has 1 N–H and O–H groups in total. The quantitative estimate of drug-likeness (QED) is 0.664. The predicted molar refractivity (Wildman–Crippen MR) is 88.1 cm³/mol. The van der Waals surface area contributed by atoms with Crippen LogP contribution in [0, 0.1) is 24.0 Å². The lowest BCUT2D eigenvalue weighted by atomic mass is 10.1. The number of nitrogens with one attached hydrogen (secondary N) is 1. The van der Waals surface area contributed by atoms with E-state index in [1.54, 1.807) is 13.0 Å². The number of amides is 1. The molecule has 120 valence electrons. The Morgan fingerprint density at radius 2 is 1.96 bits per heavy atom. The Morgan fingerprint density at radius 1 is 1.26 bits per heavy atom. The molecule has 6 nitrogen and oxygen atoms in total. The van der Waals surface area contributed by atoms with Crippen molar-refractivity contribution >= 4 is 28.9 Å². The highest BCUT2D eigenvalue weighted by Crippen LogP contribution is 2.30. The van der Waals surface area contributed by atoms with E-state index in [0.29, 0.717) is 17.0 Å². The van der Waals surface area contributed by atoms with E-state index in [0.717, 1.165) is 5.56 Å². The van der Waals surface area contributed by atoms with E-state index in [1.165, 1.54) is 12.1 Å². The monoisotopic (exact) mass is 334 g/mol. The Morgan fingerprint density at radius 3 is 2.61 bits per heavy atom. The van der Waals surface area contributed by atoms with E-state index in [-0.39, 0.29) is 23.2 Å². The minimum Gasteiger partial charge on any atom is -0.483 e. The molecule has 0 aliphatic rings. The summed E-state index contributed by atoms with van der Waals surface area (Å²) in [5.41, 5.74) is 1.69. The molecule has 0 aromatic heterocycles. The maximum atomic E-state index is 12.0. The molecule has 7 heteroatoms. The zero-order valence-corrected chi connectivity index (χ0v) is 13.4. The van der Waals surface area contributed by atoms with Crippen molar-refractivity contribution in [3.05, 3.63) is 62.7 Å². The van der Waals surface area contributed by atoms with Gasteiger partial charge in [-0.25, -0.2) is 0 Å². The molecule has 0 atom stereocenters. The fourth-order valence-corrected chi connectivity index (χ4v) is 2.22. The SMILES string of the molecule is Cc1cc([N+](=O)[O-])c(Cl)cc1NC(=O)COc1ccccc1C. The van der Waals surface area contributed by atoms with Gasteiger partial charge >= 0.3 is 0 Å². The van der Waals surface area contributed by atoms with Crippen LogP contribution in [0.25, 0.3) is 0 Å². The lowest BCUT2D eigenvalue weighted by molar-refractivity contribution is -0.384. The number of aryl methyl sites for hydroxylation is 2. The molecule has 1 amide bonds. The normalized spacial score (nSPS) is 10.2. The van der Waals surface area contributed by atoms with Crippen LogP contribution in [0.5, 0.6) is 5.75 Å². The number of anilines is 1. The topological polar surface area (TPSA) is 81.5 Å². The van der Waals surface area contributed by atoms with Gasteiger partial charge in [0, 0.05) is 11.8 Å². The second kappa shape index (κ2) is 7.11. The molecule has 2 aromatic carbocycles. The molecule has 0 saturated heterocycles. The van der Waals surface area contributed by atoms with Crippen molar-refractivity contribution < 1.29 is 14.5 Å². The number of para-hydroxylation sites is 1. The Bertz CT molecular complexity index is 762. The lowest BCUT2D eigenvalue weighted by Crippen LogP contribution is -2.21. The van der Waals surface area contributed by atoms with E-state index in [9.17, 15) is 14.9 Å². The third-order valence-electron chi connectivity index (χ3n) is 3.22. The second-order valence-corrected chi connectivity index (χ2v) is 5.39. The van der Waals surface area contributed by atoms with Gasteiger partial charge in [0.2, 0.25) is 0 Å². The highest BCUT2D eigenvalue weighted by atomic mass is 35.5. The van der Waals surface area contributed by atoms with Gasteiger partial charge in [0.05, 0.1) is 4.92 Å². The minimum absolute atomic E-state index is 0.0317. The highest BCUT2D eigenvalue weighted by Gasteiger charge is 2.16. The standard InChI is InChI=1S/C16H15ClN2O4/c1-10-5-3-4-6-15(10)23-9-16(20)18-13-8-12(17)14(19(21)22)7-11(13)2/h3-8H,9H2,1-2H3,(H,18,20). The summed E-state index contributed by atoms with van der Waals surface area (Å²) in [5.74, 6) is 0.252. The fourth-order valence-electron chi connectivity index (χ4n) is 1.99. The van der Waals surface area contributed by atoms with E-state index < -0.39 is 4.92 Å². The van der Waals surface area contributed by atoms with Gasteiger partial charge in [-0.05, 0) is 37.1 Å². The number of rotatable bonds is 5. The van der Waals surface area contributed by atoms with Crippen molar-refractivity contribution in [3.63, 3.8) is 0 Å². The zero-order chi connectivity index (χ0) is 17.0. The number of carbonyl (C=O) groups excluding carboxylic acids is 1. The first kappa shape index (κ1) is 16.8. The van der Waals surface area contributed by atoms with Gasteiger partial charge < -0.3 is 10.1 Å². The molecule has 0 unspecified atom stereocenters. The van der Waals surface area contributed by atoms with Gasteiger partial charge in [-0.3, -0.25) is 14.9 Å². The van der Waals surface area contributed by atoms with Crippen molar-refractivity contribution in [2.45, 2.75) is 13.8 Å². The molecule has 0 heterocycles. The molecular formula is C16H15ClN2O4. The molecule has 0 radical (unpaired) electrons. The molecule has 2 aromatic rings. The summed E-state index contributed by atoms with van der Waals surface area (Å²) in [5, 5.41) is 13.4. The first-order valence-electron chi connectivity index (χ1n) is 6.81. The maximum absolute atomic E-state index is 12.0. The van der Waals surface area contributed by atoms with Crippen molar-refractivity contribution in [2.24, 2.45) is 0 Å². The van der Waals surface area contributed by atoms with Crippen LogP contribution in [0.3, 0.4) is 0 Å². The molecule has 0 fully saturated rings. The summed E-state index contributed by atoms with van der Waals surface area (Å²) in [4.78, 5) is 22.2. The van der Waals surface area contributed by atoms with Crippen LogP contribution in [-0.4, -0.2) is 17.4 Å². The van der Waals surface area contributed by atoms with Crippen LogP contribution < -0.4 is 10.1 Å². The molecular weight excluding hydrogens is 320 g/mol. The first-order chi connectivity index (χ1) is 10.9. The van der Waals surface area contributed by atoms with E-state index in [1.807, 2.05) is 25.1 Å². The van der Waals surface area contributed by atoms with Crippen LogP contribution in [0.2, 0.25) is 5.02 Å². The maximum Gasteiger partial charge on any atom is 0.288 e. The van der Waals surface area contributed by atoms with Crippen LogP contribution in [0.1, 0.15) is 11.1 Å². The fraction of sp³-hybridized carbons (Fsp3) is 0.188. The minimum atomic E-state index is -0.567. The van der Waals surface area contributed by atoms with Crippen molar-refractivity contribution in [3.8, 4) is 5.75 Å². The zero-order valence-electron chi connectivity index (χ0n) is 12.6. The van der Waals surface area contributed by atoms with Gasteiger partial charge in [-0.1, -0.05) is 29.8 Å². The van der Waals surface area contributed by atoms with E-state index in [2.05, 4.69) is 5.32 Å². The summed E-state index contributed by atoms with van der Waals surface area (Å²) < 4.78 is 5.45. The average Bonchev–Trinajstić information content (AvgIpc) is 2.49. The number of carbonyl (C=O) groups is 1. The summed E-state index contributed by atoms with van der Waals surface area (Å²) in [6, 6.07) is 10.0. The number of nitro benzene ring substituents is 1. The average molecular weight is 335 g/mol.